The minimum atomic E-state index is -0.0153. The molecule has 1 unspecified atom stereocenters. The van der Waals surface area contributed by atoms with Crippen molar-refractivity contribution >= 4 is 0 Å². The van der Waals surface area contributed by atoms with Crippen molar-refractivity contribution in [3.05, 3.63) is 29.8 Å². The van der Waals surface area contributed by atoms with Gasteiger partial charge in [-0.1, -0.05) is 18.2 Å². The molecule has 2 saturated heterocycles. The highest BCUT2D eigenvalue weighted by molar-refractivity contribution is 5.35. The molecule has 4 nitrogen and oxygen atoms in total. The van der Waals surface area contributed by atoms with E-state index in [2.05, 4.69) is 41.1 Å². The third-order valence-corrected chi connectivity index (χ3v) is 5.64. The molecule has 1 spiro atoms. The summed E-state index contributed by atoms with van der Waals surface area (Å²) in [6.07, 6.45) is 3.44. The number of piperidine rings is 1. The van der Waals surface area contributed by atoms with E-state index in [0.717, 1.165) is 64.5 Å². The van der Waals surface area contributed by atoms with Crippen LogP contribution in [0.15, 0.2) is 24.3 Å². The second-order valence-electron chi connectivity index (χ2n) is 7.60. The van der Waals surface area contributed by atoms with Gasteiger partial charge in [0.15, 0.2) is 0 Å². The standard InChI is InChI=1S/C19H28N2O2/c1-20-9-7-19(8-10-20)15-21(12-16-6-11-22-14-16)13-17-4-2-3-5-18(17)23-19/h2-5,16H,6-15H2,1H3. The van der Waals surface area contributed by atoms with E-state index in [1.807, 2.05) is 0 Å². The summed E-state index contributed by atoms with van der Waals surface area (Å²) < 4.78 is 12.2. The normalized spacial score (nSPS) is 28.3. The zero-order chi connectivity index (χ0) is 15.7. The number of benzene rings is 1. The fourth-order valence-electron chi connectivity index (χ4n) is 4.21. The van der Waals surface area contributed by atoms with Gasteiger partial charge in [-0.15, -0.1) is 0 Å². The molecule has 4 heteroatoms. The Hall–Kier alpha value is -1.10. The van der Waals surface area contributed by atoms with Crippen molar-refractivity contribution in [3.63, 3.8) is 0 Å². The Morgan fingerprint density at radius 1 is 1.22 bits per heavy atom. The molecule has 0 aromatic heterocycles. The van der Waals surface area contributed by atoms with Crippen LogP contribution in [0.5, 0.6) is 5.75 Å². The molecule has 23 heavy (non-hydrogen) atoms. The fraction of sp³-hybridized carbons (Fsp3) is 0.684. The molecule has 3 heterocycles. The third kappa shape index (κ3) is 3.39. The number of likely N-dealkylation sites (tertiary alicyclic amines) is 1. The lowest BCUT2D eigenvalue weighted by atomic mass is 9.90. The van der Waals surface area contributed by atoms with E-state index >= 15 is 0 Å². The van der Waals surface area contributed by atoms with Crippen LogP contribution in [0.4, 0.5) is 0 Å². The van der Waals surface area contributed by atoms with E-state index in [9.17, 15) is 0 Å². The molecule has 0 aliphatic carbocycles. The zero-order valence-electron chi connectivity index (χ0n) is 14.2. The number of ether oxygens (including phenoxy) is 2. The summed E-state index contributed by atoms with van der Waals surface area (Å²) in [4.78, 5) is 5.04. The van der Waals surface area contributed by atoms with Gasteiger partial charge >= 0.3 is 0 Å². The summed E-state index contributed by atoms with van der Waals surface area (Å²) in [5.41, 5.74) is 1.32. The van der Waals surface area contributed by atoms with E-state index < -0.39 is 0 Å². The fourth-order valence-corrected chi connectivity index (χ4v) is 4.21. The number of hydrogen-bond acceptors (Lipinski definition) is 4. The zero-order valence-corrected chi connectivity index (χ0v) is 14.2. The summed E-state index contributed by atoms with van der Waals surface area (Å²) in [5, 5.41) is 0. The monoisotopic (exact) mass is 316 g/mol. The van der Waals surface area contributed by atoms with Crippen molar-refractivity contribution in [2.45, 2.75) is 31.4 Å². The van der Waals surface area contributed by atoms with E-state index in [0.29, 0.717) is 5.92 Å². The molecular weight excluding hydrogens is 288 g/mol. The summed E-state index contributed by atoms with van der Waals surface area (Å²) in [6, 6.07) is 8.60. The Morgan fingerprint density at radius 3 is 2.83 bits per heavy atom. The summed E-state index contributed by atoms with van der Waals surface area (Å²) in [5.74, 6) is 1.78. The molecular formula is C19H28N2O2. The third-order valence-electron chi connectivity index (χ3n) is 5.64. The highest BCUT2D eigenvalue weighted by Gasteiger charge is 2.40. The molecule has 0 bridgehead atoms. The molecule has 3 aliphatic heterocycles. The van der Waals surface area contributed by atoms with E-state index in [1.54, 1.807) is 0 Å². The van der Waals surface area contributed by atoms with Gasteiger partial charge in [-0.3, -0.25) is 4.90 Å². The van der Waals surface area contributed by atoms with Crippen molar-refractivity contribution in [1.29, 1.82) is 0 Å². The molecule has 1 atom stereocenters. The van der Waals surface area contributed by atoms with Crippen LogP contribution in [-0.2, 0) is 11.3 Å². The molecule has 0 radical (unpaired) electrons. The lowest BCUT2D eigenvalue weighted by molar-refractivity contribution is -0.0158. The first-order chi connectivity index (χ1) is 11.2. The second kappa shape index (κ2) is 6.42. The Bertz CT molecular complexity index is 534. The van der Waals surface area contributed by atoms with Crippen LogP contribution in [-0.4, -0.2) is 61.8 Å². The maximum Gasteiger partial charge on any atom is 0.124 e. The van der Waals surface area contributed by atoms with E-state index in [-0.39, 0.29) is 5.60 Å². The molecule has 4 rings (SSSR count). The summed E-state index contributed by atoms with van der Waals surface area (Å²) in [7, 11) is 2.21. The lowest BCUT2D eigenvalue weighted by Gasteiger charge is -2.42. The first-order valence-electron chi connectivity index (χ1n) is 8.98. The van der Waals surface area contributed by atoms with Crippen LogP contribution in [0.3, 0.4) is 0 Å². The Morgan fingerprint density at radius 2 is 2.04 bits per heavy atom. The van der Waals surface area contributed by atoms with Crippen molar-refractivity contribution in [1.82, 2.24) is 9.80 Å². The van der Waals surface area contributed by atoms with Crippen molar-refractivity contribution in [3.8, 4) is 5.75 Å². The van der Waals surface area contributed by atoms with Gasteiger partial charge in [0, 0.05) is 57.7 Å². The van der Waals surface area contributed by atoms with Gasteiger partial charge in [0.1, 0.15) is 11.4 Å². The van der Waals surface area contributed by atoms with Crippen LogP contribution < -0.4 is 4.74 Å². The SMILES string of the molecule is CN1CCC2(CC1)CN(CC1CCOC1)Cc1ccccc1O2. The molecule has 1 aromatic carbocycles. The Labute approximate surface area is 139 Å². The molecule has 2 fully saturated rings. The van der Waals surface area contributed by atoms with Gasteiger partial charge in [-0.05, 0) is 25.5 Å². The van der Waals surface area contributed by atoms with Crippen LogP contribution >= 0.6 is 0 Å². The first kappa shape index (κ1) is 15.4. The maximum absolute atomic E-state index is 6.63. The van der Waals surface area contributed by atoms with Crippen LogP contribution in [0, 0.1) is 5.92 Å². The molecule has 3 aliphatic rings. The molecule has 0 amide bonds. The van der Waals surface area contributed by atoms with Gasteiger partial charge in [-0.25, -0.2) is 0 Å². The van der Waals surface area contributed by atoms with Crippen molar-refractivity contribution < 1.29 is 9.47 Å². The minimum Gasteiger partial charge on any atom is -0.486 e. The summed E-state index contributed by atoms with van der Waals surface area (Å²) in [6.45, 7) is 7.30. The quantitative estimate of drug-likeness (QED) is 0.836. The highest BCUT2D eigenvalue weighted by atomic mass is 16.5. The second-order valence-corrected chi connectivity index (χ2v) is 7.60. The summed E-state index contributed by atoms with van der Waals surface area (Å²) >= 11 is 0. The van der Waals surface area contributed by atoms with Crippen molar-refractivity contribution in [2.24, 2.45) is 5.92 Å². The van der Waals surface area contributed by atoms with Crippen LogP contribution in [0.1, 0.15) is 24.8 Å². The number of hydrogen-bond donors (Lipinski definition) is 0. The smallest absolute Gasteiger partial charge is 0.124 e. The van der Waals surface area contributed by atoms with Gasteiger partial charge in [-0.2, -0.15) is 0 Å². The van der Waals surface area contributed by atoms with Gasteiger partial charge in [0.2, 0.25) is 0 Å². The number of nitrogens with zero attached hydrogens (tertiary/aromatic N) is 2. The van der Waals surface area contributed by atoms with Gasteiger partial charge in [0.25, 0.3) is 0 Å². The minimum absolute atomic E-state index is 0.0153. The molecule has 126 valence electrons. The predicted molar refractivity (Wildman–Crippen MR) is 90.7 cm³/mol. The van der Waals surface area contributed by atoms with Crippen LogP contribution in [0.25, 0.3) is 0 Å². The van der Waals surface area contributed by atoms with E-state index in [4.69, 9.17) is 9.47 Å². The first-order valence-corrected chi connectivity index (χ1v) is 8.98. The average Bonchev–Trinajstić information content (AvgIpc) is 2.99. The highest BCUT2D eigenvalue weighted by Crippen LogP contribution is 2.35. The number of para-hydroxylation sites is 1. The molecule has 1 aromatic rings. The lowest BCUT2D eigenvalue weighted by Crippen LogP contribution is -2.53. The maximum atomic E-state index is 6.63. The largest absolute Gasteiger partial charge is 0.486 e. The van der Waals surface area contributed by atoms with Crippen molar-refractivity contribution in [2.75, 3.05) is 46.4 Å². The molecule has 0 N–H and O–H groups in total. The molecule has 0 saturated carbocycles. The van der Waals surface area contributed by atoms with Gasteiger partial charge in [0.05, 0.1) is 6.61 Å². The Kier molecular flexibility index (Phi) is 4.31. The Balaban J connectivity index is 1.57. The topological polar surface area (TPSA) is 24.9 Å². The van der Waals surface area contributed by atoms with E-state index in [1.165, 1.54) is 12.0 Å². The van der Waals surface area contributed by atoms with Crippen LogP contribution in [0.2, 0.25) is 0 Å². The predicted octanol–water partition coefficient (Wildman–Crippen LogP) is 2.38. The number of fused-ring (bicyclic) bond motifs is 1. The van der Waals surface area contributed by atoms with Gasteiger partial charge < -0.3 is 14.4 Å². The average molecular weight is 316 g/mol. The number of rotatable bonds is 2.